The van der Waals surface area contributed by atoms with Crippen molar-refractivity contribution in [1.82, 2.24) is 18.7 Å². The van der Waals surface area contributed by atoms with Crippen molar-refractivity contribution >= 4 is 17.1 Å². The molecule has 0 unspecified atom stereocenters. The molecule has 8 nitrogen and oxygen atoms in total. The molecule has 0 amide bonds. The van der Waals surface area contributed by atoms with Crippen LogP contribution in [0.2, 0.25) is 0 Å². The third kappa shape index (κ3) is 2.96. The van der Waals surface area contributed by atoms with E-state index in [0.29, 0.717) is 36.7 Å². The molecule has 3 rings (SSSR count). The molecule has 0 fully saturated rings. The van der Waals surface area contributed by atoms with Crippen LogP contribution in [0.5, 0.6) is 0 Å². The second-order valence-corrected chi connectivity index (χ2v) is 6.17. The number of aryl methyl sites for hydroxylation is 2. The van der Waals surface area contributed by atoms with E-state index < -0.39 is 0 Å². The van der Waals surface area contributed by atoms with E-state index in [9.17, 15) is 9.59 Å². The molecule has 2 heterocycles. The summed E-state index contributed by atoms with van der Waals surface area (Å²) in [5.41, 5.74) is 6.11. The molecule has 0 saturated carbocycles. The molecule has 132 valence electrons. The van der Waals surface area contributed by atoms with Crippen molar-refractivity contribution in [1.29, 1.82) is 0 Å². The lowest BCUT2D eigenvalue weighted by Gasteiger charge is -2.10. The molecule has 0 saturated heterocycles. The van der Waals surface area contributed by atoms with Gasteiger partial charge in [0.2, 0.25) is 5.95 Å². The fraction of sp³-hybridized carbons (Fsp3) is 0.353. The van der Waals surface area contributed by atoms with Crippen molar-refractivity contribution in [3.63, 3.8) is 0 Å². The molecular weight excluding hydrogens is 320 g/mol. The van der Waals surface area contributed by atoms with Gasteiger partial charge in [-0.15, -0.1) is 0 Å². The average Bonchev–Trinajstić information content (AvgIpc) is 2.96. The maximum atomic E-state index is 12.7. The van der Waals surface area contributed by atoms with E-state index in [1.165, 1.54) is 17.2 Å². The van der Waals surface area contributed by atoms with Crippen molar-refractivity contribution in [2.75, 3.05) is 18.4 Å². The van der Waals surface area contributed by atoms with Gasteiger partial charge in [0.1, 0.15) is 0 Å². The molecule has 8 heteroatoms. The second-order valence-electron chi connectivity index (χ2n) is 6.17. The van der Waals surface area contributed by atoms with Gasteiger partial charge in [0.15, 0.2) is 11.2 Å². The first kappa shape index (κ1) is 17.0. The molecular formula is C17H23N6O2+. The van der Waals surface area contributed by atoms with Crippen molar-refractivity contribution in [2.24, 2.45) is 14.1 Å². The molecule has 0 spiro atoms. The Morgan fingerprint density at radius 3 is 2.44 bits per heavy atom. The molecule has 0 aliphatic carbocycles. The number of rotatable bonds is 5. The number of fused-ring (bicyclic) bond motifs is 1. The van der Waals surface area contributed by atoms with Crippen molar-refractivity contribution in [3.8, 4) is 0 Å². The van der Waals surface area contributed by atoms with Gasteiger partial charge in [-0.25, -0.2) is 4.79 Å². The molecule has 2 aromatic heterocycles. The predicted molar refractivity (Wildman–Crippen MR) is 96.7 cm³/mol. The lowest BCUT2D eigenvalue weighted by molar-refractivity contribution is -0.362. The normalized spacial score (nSPS) is 11.2. The molecule has 0 radical (unpaired) electrons. The summed E-state index contributed by atoms with van der Waals surface area (Å²) in [4.78, 5) is 29.4. The van der Waals surface area contributed by atoms with Crippen LogP contribution in [0.1, 0.15) is 11.1 Å². The van der Waals surface area contributed by atoms with Crippen molar-refractivity contribution < 1.29 is 5.73 Å². The largest absolute Gasteiger partial charge is 0.356 e. The third-order valence-electron chi connectivity index (χ3n) is 4.27. The van der Waals surface area contributed by atoms with E-state index in [1.807, 2.05) is 35.8 Å². The van der Waals surface area contributed by atoms with Gasteiger partial charge >= 0.3 is 5.69 Å². The predicted octanol–water partition coefficient (Wildman–Crippen LogP) is -0.556. The zero-order chi connectivity index (χ0) is 18.1. The maximum Gasteiger partial charge on any atom is 0.332 e. The molecule has 1 aromatic carbocycles. The standard InChI is InChI=1S/C17H22N6O2/c1-11-4-6-12(7-5-11)10-23-13-14(20-16(23)19-9-8-18)21(2)17(25)22(3)15(13)24/h4-7H,8-10,18H2,1-3H3,(H,19,20)/p+1. The number of hydrogen-bond donors (Lipinski definition) is 2. The Kier molecular flexibility index (Phi) is 4.45. The van der Waals surface area contributed by atoms with Crippen LogP contribution in [0.15, 0.2) is 33.9 Å². The fourth-order valence-electron chi connectivity index (χ4n) is 2.81. The molecule has 3 aromatic rings. The number of nitrogens with one attached hydrogen (secondary N) is 1. The van der Waals surface area contributed by atoms with Crippen molar-refractivity contribution in [3.05, 3.63) is 56.2 Å². The minimum Gasteiger partial charge on any atom is -0.356 e. The van der Waals surface area contributed by atoms with Gasteiger partial charge in [-0.2, -0.15) is 4.98 Å². The average molecular weight is 343 g/mol. The molecule has 0 aliphatic heterocycles. The number of imidazole rings is 1. The van der Waals surface area contributed by atoms with Crippen LogP contribution in [-0.4, -0.2) is 31.8 Å². The van der Waals surface area contributed by atoms with Gasteiger partial charge in [0, 0.05) is 14.1 Å². The number of anilines is 1. The number of aromatic nitrogens is 4. The Bertz CT molecular complexity index is 1030. The Morgan fingerprint density at radius 2 is 1.80 bits per heavy atom. The van der Waals surface area contributed by atoms with Crippen LogP contribution >= 0.6 is 0 Å². The zero-order valence-electron chi connectivity index (χ0n) is 14.7. The number of nitrogens with zero attached hydrogens (tertiary/aromatic N) is 4. The monoisotopic (exact) mass is 343 g/mol. The van der Waals surface area contributed by atoms with Crippen LogP contribution in [0.3, 0.4) is 0 Å². The summed E-state index contributed by atoms with van der Waals surface area (Å²) in [5.74, 6) is 0.567. The zero-order valence-corrected chi connectivity index (χ0v) is 14.7. The highest BCUT2D eigenvalue weighted by molar-refractivity contribution is 5.74. The Hall–Kier alpha value is -2.87. The summed E-state index contributed by atoms with van der Waals surface area (Å²) in [6, 6.07) is 8.12. The molecule has 25 heavy (non-hydrogen) atoms. The second kappa shape index (κ2) is 6.56. The summed E-state index contributed by atoms with van der Waals surface area (Å²) in [7, 11) is 3.11. The van der Waals surface area contributed by atoms with Crippen LogP contribution < -0.4 is 22.3 Å². The Balaban J connectivity index is 2.24. The smallest absolute Gasteiger partial charge is 0.332 e. The van der Waals surface area contributed by atoms with Crippen LogP contribution in [0, 0.1) is 6.92 Å². The quantitative estimate of drug-likeness (QED) is 0.649. The highest BCUT2D eigenvalue weighted by Gasteiger charge is 2.19. The highest BCUT2D eigenvalue weighted by Crippen LogP contribution is 2.18. The Labute approximate surface area is 144 Å². The summed E-state index contributed by atoms with van der Waals surface area (Å²) in [6.45, 7) is 3.84. The molecule has 4 N–H and O–H groups in total. The summed E-state index contributed by atoms with van der Waals surface area (Å²) in [5, 5.41) is 3.20. The van der Waals surface area contributed by atoms with Crippen LogP contribution in [-0.2, 0) is 20.6 Å². The number of hydrogen-bond acceptors (Lipinski definition) is 4. The first-order valence-electron chi connectivity index (χ1n) is 8.19. The van der Waals surface area contributed by atoms with Crippen LogP contribution in [0.4, 0.5) is 5.95 Å². The lowest BCUT2D eigenvalue weighted by Crippen LogP contribution is -2.53. The lowest BCUT2D eigenvalue weighted by atomic mass is 10.1. The van der Waals surface area contributed by atoms with Crippen molar-refractivity contribution in [2.45, 2.75) is 13.5 Å². The molecule has 0 aliphatic rings. The SMILES string of the molecule is Cc1ccc(Cn2c(NCC[NH3+])nc3c2c(=O)n(C)c(=O)n3C)cc1. The van der Waals surface area contributed by atoms with Gasteiger partial charge < -0.3 is 11.1 Å². The van der Waals surface area contributed by atoms with E-state index in [4.69, 9.17) is 0 Å². The highest BCUT2D eigenvalue weighted by atomic mass is 16.2. The van der Waals surface area contributed by atoms with E-state index in [-0.39, 0.29) is 11.2 Å². The van der Waals surface area contributed by atoms with Gasteiger partial charge in [-0.05, 0) is 12.5 Å². The Morgan fingerprint density at radius 1 is 1.12 bits per heavy atom. The maximum absolute atomic E-state index is 12.7. The summed E-state index contributed by atoms with van der Waals surface area (Å²) in [6.07, 6.45) is 0. The topological polar surface area (TPSA) is 101 Å². The van der Waals surface area contributed by atoms with Gasteiger partial charge in [-0.3, -0.25) is 18.5 Å². The first-order chi connectivity index (χ1) is 11.9. The van der Waals surface area contributed by atoms with Gasteiger partial charge in [0.05, 0.1) is 19.6 Å². The molecule has 0 atom stereocenters. The number of benzene rings is 1. The summed E-state index contributed by atoms with van der Waals surface area (Å²) >= 11 is 0. The van der Waals surface area contributed by atoms with Gasteiger partial charge in [0.25, 0.3) is 5.56 Å². The van der Waals surface area contributed by atoms with E-state index in [0.717, 1.165) is 10.1 Å². The molecule has 0 bridgehead atoms. The van der Waals surface area contributed by atoms with Crippen LogP contribution in [0.25, 0.3) is 11.2 Å². The number of quaternary nitrogens is 1. The minimum atomic E-state index is -0.388. The van der Waals surface area contributed by atoms with Gasteiger partial charge in [-0.1, -0.05) is 29.8 Å². The minimum absolute atomic E-state index is 0.347. The summed E-state index contributed by atoms with van der Waals surface area (Å²) < 4.78 is 4.34. The first-order valence-corrected chi connectivity index (χ1v) is 8.19. The van der Waals surface area contributed by atoms with E-state index in [2.05, 4.69) is 16.0 Å². The van der Waals surface area contributed by atoms with E-state index in [1.54, 1.807) is 7.05 Å². The third-order valence-corrected chi connectivity index (χ3v) is 4.27. The fourth-order valence-corrected chi connectivity index (χ4v) is 2.81. The van der Waals surface area contributed by atoms with E-state index >= 15 is 0 Å².